The number of halogens is 1. The number of amides is 1. The molecular formula is C33H33ClN6O2. The van der Waals surface area contributed by atoms with E-state index >= 15 is 0 Å². The van der Waals surface area contributed by atoms with Crippen LogP contribution in [-0.4, -0.2) is 77.6 Å². The highest BCUT2D eigenvalue weighted by atomic mass is 35.5. The highest BCUT2D eigenvalue weighted by molar-refractivity contribution is 6.36. The minimum Gasteiger partial charge on any atom is -0.476 e. The van der Waals surface area contributed by atoms with Crippen LogP contribution < -0.4 is 9.64 Å². The van der Waals surface area contributed by atoms with Crippen LogP contribution in [-0.2, 0) is 4.79 Å². The Hall–Kier alpha value is -4.19. The van der Waals surface area contributed by atoms with Crippen LogP contribution in [0.15, 0.2) is 67.4 Å². The monoisotopic (exact) mass is 580 g/mol. The molecule has 214 valence electrons. The van der Waals surface area contributed by atoms with Gasteiger partial charge in [0.2, 0.25) is 11.8 Å². The number of fused-ring (bicyclic) bond motifs is 2. The molecule has 0 aliphatic carbocycles. The maximum absolute atomic E-state index is 12.5. The third-order valence-electron chi connectivity index (χ3n) is 8.47. The van der Waals surface area contributed by atoms with Gasteiger partial charge >= 0.3 is 0 Å². The third-order valence-corrected chi connectivity index (χ3v) is 8.78. The van der Waals surface area contributed by atoms with Gasteiger partial charge in [-0.15, -0.1) is 0 Å². The molecule has 4 heterocycles. The summed E-state index contributed by atoms with van der Waals surface area (Å²) in [4.78, 5) is 28.6. The molecule has 2 atom stereocenters. The van der Waals surface area contributed by atoms with Gasteiger partial charge in [-0.05, 0) is 55.6 Å². The van der Waals surface area contributed by atoms with Crippen molar-refractivity contribution in [3.8, 4) is 23.1 Å². The van der Waals surface area contributed by atoms with Crippen molar-refractivity contribution in [2.75, 3.05) is 44.7 Å². The molecule has 6 rings (SSSR count). The summed E-state index contributed by atoms with van der Waals surface area (Å²) in [7, 11) is 2.13. The summed E-state index contributed by atoms with van der Waals surface area (Å²) in [5.74, 6) is 0.379. The fourth-order valence-electron chi connectivity index (χ4n) is 6.20. The lowest BCUT2D eigenvalue weighted by atomic mass is 9.99. The number of nitrogens with zero attached hydrogens (tertiary/aromatic N) is 6. The minimum atomic E-state index is -0.258. The van der Waals surface area contributed by atoms with E-state index in [0.29, 0.717) is 48.7 Å². The lowest BCUT2D eigenvalue weighted by Crippen LogP contribution is -2.55. The van der Waals surface area contributed by atoms with Crippen molar-refractivity contribution in [2.24, 2.45) is 0 Å². The highest BCUT2D eigenvalue weighted by Crippen LogP contribution is 2.37. The van der Waals surface area contributed by atoms with Crippen molar-refractivity contribution in [3.63, 3.8) is 0 Å². The highest BCUT2D eigenvalue weighted by Gasteiger charge is 2.31. The molecule has 4 aromatic rings. The molecule has 0 radical (unpaired) electrons. The number of nitriles is 1. The molecular weight excluding hydrogens is 548 g/mol. The standard InChI is InChI=1S/C33H33ClN6O2/c1-3-31(41)40-16-15-39(20-24(40)12-13-35)29-18-30(42-21-25-9-6-14-38(25)2)37-28-17-23(19-36-33(28)29)26-10-4-7-22-8-5-11-27(34)32(22)26/h3-5,7-8,10-11,17-19,24-25H,1,6,9,12,14-16,20-21H2,2H3/t24-,25-/m0/s1. The van der Waals surface area contributed by atoms with Gasteiger partial charge in [0.15, 0.2) is 0 Å². The summed E-state index contributed by atoms with van der Waals surface area (Å²) in [6.45, 7) is 6.84. The van der Waals surface area contributed by atoms with Crippen LogP contribution in [0.2, 0.25) is 5.02 Å². The molecule has 1 amide bonds. The average Bonchev–Trinajstić information content (AvgIpc) is 3.43. The van der Waals surface area contributed by atoms with E-state index < -0.39 is 0 Å². The summed E-state index contributed by atoms with van der Waals surface area (Å²) in [5.41, 5.74) is 4.24. The van der Waals surface area contributed by atoms with Crippen LogP contribution in [0.25, 0.3) is 32.9 Å². The number of hydrogen-bond acceptors (Lipinski definition) is 7. The molecule has 0 unspecified atom stereocenters. The molecule has 0 N–H and O–H groups in total. The fourth-order valence-corrected chi connectivity index (χ4v) is 6.49. The molecule has 0 bridgehead atoms. The van der Waals surface area contributed by atoms with Crippen molar-refractivity contribution < 1.29 is 9.53 Å². The first-order chi connectivity index (χ1) is 20.5. The van der Waals surface area contributed by atoms with Crippen LogP contribution >= 0.6 is 11.6 Å². The van der Waals surface area contributed by atoms with Gasteiger partial charge in [0.1, 0.15) is 12.1 Å². The molecule has 2 aromatic carbocycles. The number of hydrogen-bond donors (Lipinski definition) is 0. The second kappa shape index (κ2) is 12.0. The first-order valence-corrected chi connectivity index (χ1v) is 14.7. The summed E-state index contributed by atoms with van der Waals surface area (Å²) < 4.78 is 6.33. The number of anilines is 1. The van der Waals surface area contributed by atoms with E-state index in [1.165, 1.54) is 6.08 Å². The Morgan fingerprint density at radius 1 is 1.19 bits per heavy atom. The zero-order valence-electron chi connectivity index (χ0n) is 23.7. The van der Waals surface area contributed by atoms with E-state index in [1.807, 2.05) is 36.5 Å². The summed E-state index contributed by atoms with van der Waals surface area (Å²) >= 11 is 6.66. The average molecular weight is 581 g/mol. The van der Waals surface area contributed by atoms with Gasteiger partial charge in [0.25, 0.3) is 0 Å². The first kappa shape index (κ1) is 28.0. The van der Waals surface area contributed by atoms with E-state index in [0.717, 1.165) is 52.5 Å². The Morgan fingerprint density at radius 2 is 2.02 bits per heavy atom. The zero-order chi connectivity index (χ0) is 29.2. The molecule has 0 saturated carbocycles. The lowest BCUT2D eigenvalue weighted by Gasteiger charge is -2.41. The van der Waals surface area contributed by atoms with Crippen LogP contribution in [0.1, 0.15) is 19.3 Å². The predicted molar refractivity (Wildman–Crippen MR) is 167 cm³/mol. The van der Waals surface area contributed by atoms with Gasteiger partial charge in [-0.2, -0.15) is 5.26 Å². The van der Waals surface area contributed by atoms with Gasteiger partial charge in [0, 0.05) is 53.9 Å². The Balaban J connectivity index is 1.42. The summed E-state index contributed by atoms with van der Waals surface area (Å²) in [6.07, 6.45) is 5.67. The van der Waals surface area contributed by atoms with E-state index in [1.54, 1.807) is 4.90 Å². The topological polar surface area (TPSA) is 85.6 Å². The fraction of sp³-hybridized carbons (Fsp3) is 0.333. The van der Waals surface area contributed by atoms with E-state index in [9.17, 15) is 10.1 Å². The molecule has 2 aromatic heterocycles. The normalized spacial score (nSPS) is 19.3. The third kappa shape index (κ3) is 5.38. The molecule has 2 fully saturated rings. The molecule has 2 aliphatic rings. The van der Waals surface area contributed by atoms with Crippen LogP contribution in [0.3, 0.4) is 0 Å². The Labute approximate surface area is 250 Å². The van der Waals surface area contributed by atoms with E-state index in [-0.39, 0.29) is 18.4 Å². The van der Waals surface area contributed by atoms with Crippen LogP contribution in [0.5, 0.6) is 5.88 Å². The van der Waals surface area contributed by atoms with E-state index in [4.69, 9.17) is 26.3 Å². The van der Waals surface area contributed by atoms with Crippen LogP contribution in [0.4, 0.5) is 5.69 Å². The maximum Gasteiger partial charge on any atom is 0.246 e. The van der Waals surface area contributed by atoms with E-state index in [2.05, 4.69) is 47.7 Å². The number of benzene rings is 2. The molecule has 9 heteroatoms. The predicted octanol–water partition coefficient (Wildman–Crippen LogP) is 5.69. The van der Waals surface area contributed by atoms with Crippen molar-refractivity contribution in [1.29, 1.82) is 5.26 Å². The number of aromatic nitrogens is 2. The SMILES string of the molecule is C=CC(=O)N1CCN(c2cc(OC[C@@H]3CCCN3C)nc3cc(-c4cccc5cccc(Cl)c45)cnc23)C[C@@H]1CC#N. The minimum absolute atomic E-state index is 0.157. The van der Waals surface area contributed by atoms with Crippen molar-refractivity contribution in [3.05, 3.63) is 72.4 Å². The van der Waals surface area contributed by atoms with Gasteiger partial charge in [0.05, 0.1) is 29.7 Å². The number of rotatable bonds is 7. The molecule has 8 nitrogen and oxygen atoms in total. The van der Waals surface area contributed by atoms with Gasteiger partial charge < -0.3 is 19.4 Å². The first-order valence-electron chi connectivity index (χ1n) is 14.3. The number of ether oxygens (including phenoxy) is 1. The molecule has 42 heavy (non-hydrogen) atoms. The number of likely N-dealkylation sites (tertiary alicyclic amines) is 1. The Kier molecular flexibility index (Phi) is 7.96. The largest absolute Gasteiger partial charge is 0.476 e. The van der Waals surface area contributed by atoms with Crippen molar-refractivity contribution in [1.82, 2.24) is 19.8 Å². The van der Waals surface area contributed by atoms with Crippen molar-refractivity contribution in [2.45, 2.75) is 31.3 Å². The maximum atomic E-state index is 12.5. The van der Waals surface area contributed by atoms with Crippen molar-refractivity contribution >= 4 is 45.0 Å². The molecule has 2 saturated heterocycles. The number of carbonyl (C=O) groups excluding carboxylic acids is 1. The zero-order valence-corrected chi connectivity index (χ0v) is 24.4. The number of pyridine rings is 2. The summed E-state index contributed by atoms with van der Waals surface area (Å²) in [5, 5.41) is 12.2. The van der Waals surface area contributed by atoms with Gasteiger partial charge in [-0.3, -0.25) is 9.78 Å². The second-order valence-electron chi connectivity index (χ2n) is 11.0. The van der Waals surface area contributed by atoms with Gasteiger partial charge in [-0.25, -0.2) is 4.98 Å². The summed E-state index contributed by atoms with van der Waals surface area (Å²) in [6, 6.07) is 18.4. The van der Waals surface area contributed by atoms with Crippen LogP contribution in [0, 0.1) is 11.3 Å². The molecule has 2 aliphatic heterocycles. The quantitative estimate of drug-likeness (QED) is 0.259. The molecule has 0 spiro atoms. The number of piperazine rings is 1. The van der Waals surface area contributed by atoms with Gasteiger partial charge in [-0.1, -0.05) is 48.5 Å². The second-order valence-corrected chi connectivity index (χ2v) is 11.4. The Morgan fingerprint density at radius 3 is 2.79 bits per heavy atom. The Bertz CT molecular complexity index is 1700. The smallest absolute Gasteiger partial charge is 0.246 e. The number of likely N-dealkylation sites (N-methyl/N-ethyl adjacent to an activating group) is 1. The number of carbonyl (C=O) groups is 1. The lowest BCUT2D eigenvalue weighted by molar-refractivity contribution is -0.128.